The van der Waals surface area contributed by atoms with Gasteiger partial charge in [0.1, 0.15) is 5.58 Å². The molecule has 118 valence electrons. The number of aryl methyl sites for hydroxylation is 1. The molecule has 1 aliphatic rings. The van der Waals surface area contributed by atoms with Crippen molar-refractivity contribution in [3.63, 3.8) is 0 Å². The summed E-state index contributed by atoms with van der Waals surface area (Å²) < 4.78 is 7.84. The largest absolute Gasteiger partial charge is 0.464 e. The Morgan fingerprint density at radius 1 is 1.30 bits per heavy atom. The van der Waals surface area contributed by atoms with Crippen LogP contribution in [0.1, 0.15) is 29.8 Å². The maximum atomic E-state index is 12.8. The molecule has 23 heavy (non-hydrogen) atoms. The molecule has 1 amide bonds. The molecule has 0 bridgehead atoms. The lowest BCUT2D eigenvalue weighted by Gasteiger charge is -2.35. The van der Waals surface area contributed by atoms with Crippen molar-refractivity contribution in [3.8, 4) is 0 Å². The summed E-state index contributed by atoms with van der Waals surface area (Å²) in [5, 5.41) is 1.04. The number of nitrogens with zero attached hydrogens (tertiary/aromatic N) is 2. The molecule has 1 aromatic carbocycles. The lowest BCUT2D eigenvalue weighted by Crippen LogP contribution is -2.41. The van der Waals surface area contributed by atoms with Gasteiger partial charge in [-0.25, -0.2) is 0 Å². The van der Waals surface area contributed by atoms with Gasteiger partial charge in [0.2, 0.25) is 5.91 Å². The van der Waals surface area contributed by atoms with E-state index in [2.05, 4.69) is 29.8 Å². The number of furan rings is 1. The van der Waals surface area contributed by atoms with Crippen LogP contribution in [0.25, 0.3) is 11.0 Å². The van der Waals surface area contributed by atoms with Crippen molar-refractivity contribution >= 4 is 16.9 Å². The summed E-state index contributed by atoms with van der Waals surface area (Å²) >= 11 is 0. The van der Waals surface area contributed by atoms with E-state index in [1.807, 2.05) is 30.0 Å². The van der Waals surface area contributed by atoms with Gasteiger partial charge in [0.15, 0.2) is 0 Å². The average molecular weight is 308 g/mol. The first-order valence-electron chi connectivity index (χ1n) is 8.05. The first kappa shape index (κ1) is 14.1. The fourth-order valence-electron chi connectivity index (χ4n) is 3.51. The second-order valence-electron chi connectivity index (χ2n) is 6.33. The van der Waals surface area contributed by atoms with Crippen LogP contribution >= 0.6 is 0 Å². The van der Waals surface area contributed by atoms with Crippen LogP contribution in [0.15, 0.2) is 47.2 Å². The summed E-state index contributed by atoms with van der Waals surface area (Å²) in [5.41, 5.74) is 4.19. The fraction of sp³-hybridized carbons (Fsp3) is 0.316. The highest BCUT2D eigenvalue weighted by molar-refractivity contribution is 5.88. The molecule has 0 N–H and O–H groups in total. The van der Waals surface area contributed by atoms with Gasteiger partial charge in [-0.2, -0.15) is 0 Å². The predicted molar refractivity (Wildman–Crippen MR) is 89.2 cm³/mol. The minimum absolute atomic E-state index is 0.117. The van der Waals surface area contributed by atoms with E-state index in [9.17, 15) is 4.79 Å². The molecule has 3 aromatic rings. The van der Waals surface area contributed by atoms with Gasteiger partial charge >= 0.3 is 0 Å². The molecule has 1 atom stereocenters. The van der Waals surface area contributed by atoms with Crippen LogP contribution in [0.3, 0.4) is 0 Å². The van der Waals surface area contributed by atoms with Crippen molar-refractivity contribution in [2.75, 3.05) is 6.54 Å². The molecule has 0 spiro atoms. The molecule has 0 radical (unpaired) electrons. The number of benzene rings is 1. The zero-order valence-electron chi connectivity index (χ0n) is 13.5. The molecule has 0 aliphatic carbocycles. The van der Waals surface area contributed by atoms with Crippen LogP contribution in [-0.4, -0.2) is 21.9 Å². The highest BCUT2D eigenvalue weighted by Gasteiger charge is 2.27. The average Bonchev–Trinajstić information content (AvgIpc) is 3.15. The Morgan fingerprint density at radius 3 is 3.04 bits per heavy atom. The molecule has 1 aliphatic heterocycles. The van der Waals surface area contributed by atoms with Gasteiger partial charge in [-0.1, -0.05) is 12.1 Å². The first-order valence-corrected chi connectivity index (χ1v) is 8.05. The standard InChI is InChI=1S/C19H20N2O2/c1-13-5-6-16-15(12-23-18(16)10-13)11-19(22)21-9-8-20-7-3-4-17(20)14(21)2/h3-7,10,12,14H,8-9,11H2,1-2H3/t14-/m0/s1. The van der Waals surface area contributed by atoms with E-state index in [1.54, 1.807) is 6.26 Å². The van der Waals surface area contributed by atoms with E-state index < -0.39 is 0 Å². The first-order chi connectivity index (χ1) is 11.1. The van der Waals surface area contributed by atoms with Gasteiger partial charge in [0, 0.05) is 35.9 Å². The molecule has 3 heterocycles. The summed E-state index contributed by atoms with van der Waals surface area (Å²) in [4.78, 5) is 14.8. The number of carbonyl (C=O) groups is 1. The topological polar surface area (TPSA) is 38.4 Å². The second kappa shape index (κ2) is 5.30. The SMILES string of the molecule is Cc1ccc2c(CC(=O)N3CCn4cccc4[C@@H]3C)coc2c1. The van der Waals surface area contributed by atoms with Gasteiger partial charge in [0.25, 0.3) is 0 Å². The van der Waals surface area contributed by atoms with Crippen molar-refractivity contribution < 1.29 is 9.21 Å². The third kappa shape index (κ3) is 2.34. The predicted octanol–water partition coefficient (Wildman–Crippen LogP) is 3.69. The summed E-state index contributed by atoms with van der Waals surface area (Å²) in [7, 11) is 0. The van der Waals surface area contributed by atoms with Crippen molar-refractivity contribution in [1.29, 1.82) is 0 Å². The van der Waals surface area contributed by atoms with E-state index >= 15 is 0 Å². The zero-order valence-corrected chi connectivity index (χ0v) is 13.5. The third-order valence-electron chi connectivity index (χ3n) is 4.82. The Balaban J connectivity index is 1.58. The summed E-state index contributed by atoms with van der Waals surface area (Å²) in [6.45, 7) is 5.76. The third-order valence-corrected chi connectivity index (χ3v) is 4.82. The van der Waals surface area contributed by atoms with Crippen molar-refractivity contribution in [2.45, 2.75) is 32.9 Å². The highest BCUT2D eigenvalue weighted by Crippen LogP contribution is 2.28. The van der Waals surface area contributed by atoms with Gasteiger partial charge in [-0.05, 0) is 37.6 Å². The summed E-state index contributed by atoms with van der Waals surface area (Å²) in [5.74, 6) is 0.160. The van der Waals surface area contributed by atoms with Crippen LogP contribution in [0.5, 0.6) is 0 Å². The van der Waals surface area contributed by atoms with E-state index in [0.29, 0.717) is 6.42 Å². The number of aromatic nitrogens is 1. The van der Waals surface area contributed by atoms with E-state index in [-0.39, 0.29) is 11.9 Å². The molecule has 0 unspecified atom stereocenters. The second-order valence-corrected chi connectivity index (χ2v) is 6.33. The minimum Gasteiger partial charge on any atom is -0.464 e. The van der Waals surface area contributed by atoms with E-state index in [1.165, 1.54) is 5.69 Å². The normalized spacial score (nSPS) is 17.5. The lowest BCUT2D eigenvalue weighted by molar-refractivity contribution is -0.133. The molecular formula is C19H20N2O2. The lowest BCUT2D eigenvalue weighted by atomic mass is 10.1. The number of fused-ring (bicyclic) bond motifs is 2. The van der Waals surface area contributed by atoms with Crippen molar-refractivity contribution in [3.05, 3.63) is 59.6 Å². The van der Waals surface area contributed by atoms with E-state index in [4.69, 9.17) is 4.42 Å². The number of carbonyl (C=O) groups excluding carboxylic acids is 1. The molecule has 0 fully saturated rings. The number of amides is 1. The van der Waals surface area contributed by atoms with E-state index in [0.717, 1.165) is 35.2 Å². The van der Waals surface area contributed by atoms with Crippen LogP contribution in [0, 0.1) is 6.92 Å². The maximum absolute atomic E-state index is 12.8. The highest BCUT2D eigenvalue weighted by atomic mass is 16.3. The molecule has 2 aromatic heterocycles. The van der Waals surface area contributed by atoms with Crippen molar-refractivity contribution in [2.24, 2.45) is 0 Å². The quantitative estimate of drug-likeness (QED) is 0.724. The van der Waals surface area contributed by atoms with Gasteiger partial charge in [-0.3, -0.25) is 4.79 Å². The molecule has 0 saturated heterocycles. The van der Waals surface area contributed by atoms with Crippen LogP contribution in [0.2, 0.25) is 0 Å². The molecule has 4 heteroatoms. The van der Waals surface area contributed by atoms with Gasteiger partial charge in [-0.15, -0.1) is 0 Å². The van der Waals surface area contributed by atoms with Crippen LogP contribution < -0.4 is 0 Å². The Bertz CT molecular complexity index is 875. The summed E-state index contributed by atoms with van der Waals surface area (Å²) in [6, 6.07) is 10.4. The summed E-state index contributed by atoms with van der Waals surface area (Å²) in [6.07, 6.45) is 4.19. The smallest absolute Gasteiger partial charge is 0.227 e. The monoisotopic (exact) mass is 308 g/mol. The molecular weight excluding hydrogens is 288 g/mol. The minimum atomic E-state index is 0.117. The molecule has 4 nitrogen and oxygen atoms in total. The Hall–Kier alpha value is -2.49. The van der Waals surface area contributed by atoms with Gasteiger partial charge < -0.3 is 13.9 Å². The number of hydrogen-bond donors (Lipinski definition) is 0. The fourth-order valence-corrected chi connectivity index (χ4v) is 3.51. The Morgan fingerprint density at radius 2 is 2.17 bits per heavy atom. The maximum Gasteiger partial charge on any atom is 0.227 e. The van der Waals surface area contributed by atoms with Crippen LogP contribution in [-0.2, 0) is 17.8 Å². The van der Waals surface area contributed by atoms with Crippen LogP contribution in [0.4, 0.5) is 0 Å². The Labute approximate surface area is 135 Å². The number of hydrogen-bond acceptors (Lipinski definition) is 2. The molecule has 4 rings (SSSR count). The van der Waals surface area contributed by atoms with Gasteiger partial charge in [0.05, 0.1) is 18.7 Å². The molecule has 0 saturated carbocycles. The Kier molecular flexibility index (Phi) is 3.26. The number of rotatable bonds is 2. The van der Waals surface area contributed by atoms with Crippen molar-refractivity contribution in [1.82, 2.24) is 9.47 Å². The zero-order chi connectivity index (χ0) is 16.0.